The van der Waals surface area contributed by atoms with Crippen LogP contribution < -0.4 is 10.1 Å². The number of rotatable bonds is 8. The fraction of sp³-hybridized carbons (Fsp3) is 0.280. The van der Waals surface area contributed by atoms with Crippen molar-refractivity contribution in [1.29, 1.82) is 0 Å². The summed E-state index contributed by atoms with van der Waals surface area (Å²) in [6, 6.07) is 8.02. The van der Waals surface area contributed by atoms with Crippen LogP contribution in [0.3, 0.4) is 0 Å². The van der Waals surface area contributed by atoms with Crippen LogP contribution in [0.2, 0.25) is 0 Å². The zero-order chi connectivity index (χ0) is 26.2. The van der Waals surface area contributed by atoms with Gasteiger partial charge in [0.05, 0.1) is 11.1 Å². The number of aryl methyl sites for hydroxylation is 1. The number of hydrogen-bond acceptors (Lipinski definition) is 5. The molecule has 1 saturated heterocycles. The number of alkyl halides is 4. The van der Waals surface area contributed by atoms with Gasteiger partial charge in [-0.15, -0.1) is 0 Å². The Labute approximate surface area is 202 Å². The third kappa shape index (κ3) is 4.86. The number of Topliss-reactive ketones (excluding diaryl/α,β-unsaturated/α-hetero) is 1. The summed E-state index contributed by atoms with van der Waals surface area (Å²) >= 11 is 0. The minimum atomic E-state index is -4.65. The van der Waals surface area contributed by atoms with Gasteiger partial charge in [-0.3, -0.25) is 24.1 Å². The Morgan fingerprint density at radius 3 is 2.39 bits per heavy atom. The van der Waals surface area contributed by atoms with Crippen LogP contribution in [0.4, 0.5) is 17.6 Å². The Morgan fingerprint density at radius 1 is 1.08 bits per heavy atom. The first-order valence-electron chi connectivity index (χ1n) is 11.0. The lowest BCUT2D eigenvalue weighted by Gasteiger charge is -2.29. The minimum Gasteiger partial charge on any atom is -0.428 e. The highest BCUT2D eigenvalue weighted by molar-refractivity contribution is 6.23. The van der Waals surface area contributed by atoms with Gasteiger partial charge in [0.1, 0.15) is 11.8 Å². The Hall–Kier alpha value is -4.02. The summed E-state index contributed by atoms with van der Waals surface area (Å²) in [7, 11) is 0. The number of carbonyl (C=O) groups is 4. The Balaban J connectivity index is 1.41. The largest absolute Gasteiger partial charge is 0.461 e. The van der Waals surface area contributed by atoms with Crippen molar-refractivity contribution in [3.05, 3.63) is 77.0 Å². The molecule has 2 aliphatic rings. The first-order chi connectivity index (χ1) is 17.0. The molecule has 2 aromatic carbocycles. The van der Waals surface area contributed by atoms with E-state index in [-0.39, 0.29) is 41.7 Å². The molecule has 7 nitrogen and oxygen atoms in total. The van der Waals surface area contributed by atoms with E-state index in [2.05, 4.69) is 16.6 Å². The maximum absolute atomic E-state index is 13.0. The van der Waals surface area contributed by atoms with Crippen molar-refractivity contribution in [2.45, 2.75) is 44.3 Å². The molecule has 2 aromatic rings. The molecule has 0 aliphatic carbocycles. The van der Waals surface area contributed by atoms with Crippen LogP contribution in [0.15, 0.2) is 54.7 Å². The Morgan fingerprint density at radius 2 is 1.75 bits per heavy atom. The zero-order valence-corrected chi connectivity index (χ0v) is 18.7. The molecule has 1 unspecified atom stereocenters. The van der Waals surface area contributed by atoms with E-state index in [9.17, 15) is 36.7 Å². The highest BCUT2D eigenvalue weighted by Crippen LogP contribution is 2.30. The average molecular weight is 504 g/mol. The summed E-state index contributed by atoms with van der Waals surface area (Å²) in [4.78, 5) is 51.5. The number of piperidine rings is 1. The molecule has 1 fully saturated rings. The average Bonchev–Trinajstić information content (AvgIpc) is 3.07. The smallest absolute Gasteiger partial charge is 0.428 e. The van der Waals surface area contributed by atoms with Gasteiger partial charge in [0.2, 0.25) is 5.91 Å². The van der Waals surface area contributed by atoms with E-state index in [0.29, 0.717) is 17.7 Å². The summed E-state index contributed by atoms with van der Waals surface area (Å²) in [6.45, 7) is 3.68. The number of nitrogens with zero attached hydrogens (tertiary/aromatic N) is 1. The van der Waals surface area contributed by atoms with Gasteiger partial charge < -0.3 is 10.1 Å². The molecule has 36 heavy (non-hydrogen) atoms. The summed E-state index contributed by atoms with van der Waals surface area (Å²) in [5.41, 5.74) is 1.59. The van der Waals surface area contributed by atoms with Crippen LogP contribution in [0.25, 0.3) is 0 Å². The highest BCUT2D eigenvalue weighted by atomic mass is 19.3. The number of ether oxygens (including phenoxy) is 1. The van der Waals surface area contributed by atoms with Crippen LogP contribution in [-0.4, -0.2) is 47.0 Å². The third-order valence-corrected chi connectivity index (χ3v) is 5.94. The van der Waals surface area contributed by atoms with Crippen LogP contribution in [0.1, 0.15) is 55.9 Å². The molecule has 188 valence electrons. The van der Waals surface area contributed by atoms with E-state index in [4.69, 9.17) is 0 Å². The summed E-state index contributed by atoms with van der Waals surface area (Å²) in [5, 5.41) is 2.56. The molecule has 4 rings (SSSR count). The molecule has 0 radical (unpaired) electrons. The third-order valence-electron chi connectivity index (χ3n) is 5.94. The molecule has 0 spiro atoms. The molecule has 2 aliphatic heterocycles. The minimum absolute atomic E-state index is 0.00875. The number of ketones is 1. The van der Waals surface area contributed by atoms with Crippen molar-refractivity contribution in [3.63, 3.8) is 0 Å². The Bertz CT molecular complexity index is 1260. The molecule has 11 heteroatoms. The van der Waals surface area contributed by atoms with E-state index < -0.39 is 42.0 Å². The SMILES string of the molecule is C=C1CCC(N2C(=O)c3ccc(CCC(=O)c4ccc(OC(F)(F)C(F)F)cc4)cc3C2=O)C(=O)N1. The van der Waals surface area contributed by atoms with Gasteiger partial charge in [-0.1, -0.05) is 12.6 Å². The quantitative estimate of drug-likeness (QED) is 0.332. The van der Waals surface area contributed by atoms with E-state index >= 15 is 0 Å². The molecule has 0 saturated carbocycles. The van der Waals surface area contributed by atoms with Gasteiger partial charge in [0, 0.05) is 17.7 Å². The molecular weight excluding hydrogens is 484 g/mol. The van der Waals surface area contributed by atoms with Crippen molar-refractivity contribution >= 4 is 23.5 Å². The summed E-state index contributed by atoms with van der Waals surface area (Å²) < 4.78 is 54.5. The first kappa shape index (κ1) is 25.1. The normalized spacial score (nSPS) is 17.9. The number of imide groups is 1. The van der Waals surface area contributed by atoms with Gasteiger partial charge in [-0.05, 0) is 61.2 Å². The van der Waals surface area contributed by atoms with Crippen molar-refractivity contribution in [2.75, 3.05) is 0 Å². The van der Waals surface area contributed by atoms with Crippen molar-refractivity contribution in [1.82, 2.24) is 10.2 Å². The van der Waals surface area contributed by atoms with Gasteiger partial charge >= 0.3 is 12.5 Å². The summed E-state index contributed by atoms with van der Waals surface area (Å²) in [6.07, 6.45) is -7.73. The fourth-order valence-electron chi connectivity index (χ4n) is 4.07. The lowest BCUT2D eigenvalue weighted by Crippen LogP contribution is -2.51. The molecular formula is C25H20F4N2O5. The predicted molar refractivity (Wildman–Crippen MR) is 118 cm³/mol. The van der Waals surface area contributed by atoms with E-state index in [0.717, 1.165) is 17.0 Å². The predicted octanol–water partition coefficient (Wildman–Crippen LogP) is 4.13. The van der Waals surface area contributed by atoms with Gasteiger partial charge in [0.25, 0.3) is 11.8 Å². The van der Waals surface area contributed by atoms with Crippen LogP contribution in [0, 0.1) is 0 Å². The summed E-state index contributed by atoms with van der Waals surface area (Å²) in [5.74, 6) is -2.50. The second-order valence-corrected chi connectivity index (χ2v) is 8.42. The molecule has 0 bridgehead atoms. The number of carbonyl (C=O) groups excluding carboxylic acids is 4. The standard InChI is InChI=1S/C25H20F4N2O5/c1-13-2-10-19(21(33)30-13)31-22(34)17-9-3-14(12-18(17)23(31)35)4-11-20(32)15-5-7-16(8-6-15)36-25(28,29)24(26)27/h3,5-9,12,19,24H,1-2,4,10-11H2,(H,30,33). The molecule has 1 N–H and O–H groups in total. The molecule has 3 amide bonds. The van der Waals surface area contributed by atoms with Crippen LogP contribution in [-0.2, 0) is 11.2 Å². The Kier molecular flexibility index (Phi) is 6.66. The van der Waals surface area contributed by atoms with Crippen LogP contribution in [0.5, 0.6) is 5.75 Å². The first-order valence-corrected chi connectivity index (χ1v) is 11.0. The number of halogens is 4. The second kappa shape index (κ2) is 9.56. The number of fused-ring (bicyclic) bond motifs is 1. The van der Waals surface area contributed by atoms with Gasteiger partial charge in [0.15, 0.2) is 5.78 Å². The van der Waals surface area contributed by atoms with Gasteiger partial charge in [-0.2, -0.15) is 17.6 Å². The van der Waals surface area contributed by atoms with Crippen molar-refractivity contribution < 1.29 is 41.5 Å². The maximum atomic E-state index is 13.0. The lowest BCUT2D eigenvalue weighted by molar-refractivity contribution is -0.253. The number of benzene rings is 2. The van der Waals surface area contributed by atoms with Gasteiger partial charge in [-0.25, -0.2) is 0 Å². The second-order valence-electron chi connectivity index (χ2n) is 8.42. The molecule has 2 heterocycles. The lowest BCUT2D eigenvalue weighted by atomic mass is 9.99. The molecule has 0 aromatic heterocycles. The van der Waals surface area contributed by atoms with E-state index in [1.165, 1.54) is 24.3 Å². The highest BCUT2D eigenvalue weighted by Gasteiger charge is 2.45. The maximum Gasteiger partial charge on any atom is 0.461 e. The molecule has 1 atom stereocenters. The fourth-order valence-corrected chi connectivity index (χ4v) is 4.07. The number of hydrogen-bond donors (Lipinski definition) is 1. The van der Waals surface area contributed by atoms with Crippen molar-refractivity contribution in [3.8, 4) is 5.75 Å². The monoisotopic (exact) mass is 504 g/mol. The van der Waals surface area contributed by atoms with E-state index in [1.54, 1.807) is 6.07 Å². The van der Waals surface area contributed by atoms with E-state index in [1.807, 2.05) is 0 Å². The number of amides is 3. The topological polar surface area (TPSA) is 92.8 Å². The van der Waals surface area contributed by atoms with Crippen molar-refractivity contribution in [2.24, 2.45) is 0 Å². The van der Waals surface area contributed by atoms with Crippen LogP contribution >= 0.6 is 0 Å². The number of nitrogens with one attached hydrogen (secondary N) is 1. The zero-order valence-electron chi connectivity index (χ0n) is 18.7. The number of allylic oxidation sites excluding steroid dienone is 1.